The SMILES string of the molecule is COCCC(N)C(=O)OCCCC(C)C. The predicted molar refractivity (Wildman–Crippen MR) is 59.5 cm³/mol. The van der Waals surface area contributed by atoms with Crippen LogP contribution in [0.1, 0.15) is 33.1 Å². The fourth-order valence-corrected chi connectivity index (χ4v) is 1.13. The Bertz CT molecular complexity index is 171. The molecule has 0 heterocycles. The van der Waals surface area contributed by atoms with Crippen LogP contribution in [0.15, 0.2) is 0 Å². The Labute approximate surface area is 92.1 Å². The highest BCUT2D eigenvalue weighted by atomic mass is 16.5. The third kappa shape index (κ3) is 8.39. The topological polar surface area (TPSA) is 61.5 Å². The Morgan fingerprint density at radius 1 is 1.27 bits per heavy atom. The molecule has 0 aliphatic heterocycles. The second-order valence-corrected chi connectivity index (χ2v) is 4.09. The van der Waals surface area contributed by atoms with Gasteiger partial charge in [0.15, 0.2) is 0 Å². The van der Waals surface area contributed by atoms with Crippen LogP contribution >= 0.6 is 0 Å². The Balaban J connectivity index is 3.47. The van der Waals surface area contributed by atoms with E-state index in [-0.39, 0.29) is 5.97 Å². The molecule has 0 aromatic heterocycles. The molecule has 0 radical (unpaired) electrons. The highest BCUT2D eigenvalue weighted by molar-refractivity contribution is 5.75. The van der Waals surface area contributed by atoms with Gasteiger partial charge in [0, 0.05) is 13.7 Å². The summed E-state index contributed by atoms with van der Waals surface area (Å²) >= 11 is 0. The summed E-state index contributed by atoms with van der Waals surface area (Å²) < 4.78 is 9.86. The lowest BCUT2D eigenvalue weighted by Gasteiger charge is -2.11. The smallest absolute Gasteiger partial charge is 0.322 e. The molecule has 0 aromatic carbocycles. The van der Waals surface area contributed by atoms with Crippen LogP contribution in [-0.2, 0) is 14.3 Å². The normalized spacial score (nSPS) is 12.9. The van der Waals surface area contributed by atoms with Gasteiger partial charge in [-0.3, -0.25) is 4.79 Å². The van der Waals surface area contributed by atoms with Gasteiger partial charge >= 0.3 is 5.97 Å². The fraction of sp³-hybridized carbons (Fsp3) is 0.909. The van der Waals surface area contributed by atoms with E-state index < -0.39 is 6.04 Å². The summed E-state index contributed by atoms with van der Waals surface area (Å²) in [4.78, 5) is 11.3. The van der Waals surface area contributed by atoms with Gasteiger partial charge in [-0.1, -0.05) is 13.8 Å². The minimum atomic E-state index is -0.552. The van der Waals surface area contributed by atoms with Gasteiger partial charge in [0.1, 0.15) is 6.04 Å². The number of ether oxygens (including phenoxy) is 2. The zero-order valence-electron chi connectivity index (χ0n) is 9.99. The van der Waals surface area contributed by atoms with Crippen LogP contribution in [0.5, 0.6) is 0 Å². The summed E-state index contributed by atoms with van der Waals surface area (Å²) in [5, 5.41) is 0. The summed E-state index contributed by atoms with van der Waals surface area (Å²) in [7, 11) is 1.58. The second-order valence-electron chi connectivity index (χ2n) is 4.09. The van der Waals surface area contributed by atoms with Crippen molar-refractivity contribution in [3.05, 3.63) is 0 Å². The number of rotatable bonds is 8. The van der Waals surface area contributed by atoms with Crippen LogP contribution in [0, 0.1) is 5.92 Å². The molecular weight excluding hydrogens is 194 g/mol. The number of carbonyl (C=O) groups excluding carboxylic acids is 1. The van der Waals surface area contributed by atoms with Gasteiger partial charge in [0.05, 0.1) is 6.61 Å². The highest BCUT2D eigenvalue weighted by Crippen LogP contribution is 2.03. The van der Waals surface area contributed by atoms with Crippen LogP contribution in [0.25, 0.3) is 0 Å². The molecule has 0 rings (SSSR count). The van der Waals surface area contributed by atoms with Crippen LogP contribution in [-0.4, -0.2) is 32.3 Å². The van der Waals surface area contributed by atoms with E-state index in [1.54, 1.807) is 7.11 Å². The first-order valence-corrected chi connectivity index (χ1v) is 5.49. The van der Waals surface area contributed by atoms with E-state index in [4.69, 9.17) is 15.2 Å². The number of esters is 1. The van der Waals surface area contributed by atoms with Gasteiger partial charge < -0.3 is 15.2 Å². The molecule has 4 heteroatoms. The molecule has 1 atom stereocenters. The standard InChI is InChI=1S/C11H23NO3/c1-9(2)5-4-7-15-11(13)10(12)6-8-14-3/h9-10H,4-8,12H2,1-3H3. The summed E-state index contributed by atoms with van der Waals surface area (Å²) in [6.45, 7) is 5.25. The lowest BCUT2D eigenvalue weighted by atomic mass is 10.1. The second kappa shape index (κ2) is 8.68. The number of carbonyl (C=O) groups is 1. The number of methoxy groups -OCH3 is 1. The number of hydrogen-bond acceptors (Lipinski definition) is 4. The monoisotopic (exact) mass is 217 g/mol. The van der Waals surface area contributed by atoms with Crippen molar-refractivity contribution in [3.8, 4) is 0 Å². The quantitative estimate of drug-likeness (QED) is 0.492. The first-order valence-electron chi connectivity index (χ1n) is 5.49. The molecule has 0 amide bonds. The van der Waals surface area contributed by atoms with Gasteiger partial charge in [0.2, 0.25) is 0 Å². The minimum absolute atomic E-state index is 0.323. The largest absolute Gasteiger partial charge is 0.465 e. The number of hydrogen-bond donors (Lipinski definition) is 1. The van der Waals surface area contributed by atoms with E-state index >= 15 is 0 Å². The van der Waals surface area contributed by atoms with Crippen LogP contribution in [0.3, 0.4) is 0 Å². The first kappa shape index (κ1) is 14.4. The van der Waals surface area contributed by atoms with Crippen molar-refractivity contribution in [2.45, 2.75) is 39.2 Å². The lowest BCUT2D eigenvalue weighted by Crippen LogP contribution is -2.33. The fourth-order valence-electron chi connectivity index (χ4n) is 1.13. The zero-order chi connectivity index (χ0) is 11.7. The van der Waals surface area contributed by atoms with Gasteiger partial charge in [-0.05, 0) is 25.2 Å². The molecule has 0 aliphatic rings. The minimum Gasteiger partial charge on any atom is -0.465 e. The van der Waals surface area contributed by atoms with Crippen LogP contribution in [0.4, 0.5) is 0 Å². The van der Waals surface area contributed by atoms with Crippen LogP contribution < -0.4 is 5.73 Å². The zero-order valence-corrected chi connectivity index (χ0v) is 9.99. The van der Waals surface area contributed by atoms with E-state index in [0.717, 1.165) is 12.8 Å². The van der Waals surface area contributed by atoms with E-state index in [2.05, 4.69) is 13.8 Å². The molecule has 4 nitrogen and oxygen atoms in total. The molecule has 0 saturated heterocycles. The summed E-state index contributed by atoms with van der Waals surface area (Å²) in [6.07, 6.45) is 2.49. The van der Waals surface area contributed by atoms with Gasteiger partial charge in [-0.2, -0.15) is 0 Å². The molecule has 0 aromatic rings. The molecule has 15 heavy (non-hydrogen) atoms. The average molecular weight is 217 g/mol. The van der Waals surface area contributed by atoms with Gasteiger partial charge in [-0.25, -0.2) is 0 Å². The van der Waals surface area contributed by atoms with Crippen molar-refractivity contribution in [2.75, 3.05) is 20.3 Å². The van der Waals surface area contributed by atoms with Crippen molar-refractivity contribution >= 4 is 5.97 Å². The molecule has 0 spiro atoms. The Morgan fingerprint density at radius 2 is 1.93 bits per heavy atom. The summed E-state index contributed by atoms with van der Waals surface area (Å²) in [6, 6.07) is -0.552. The van der Waals surface area contributed by atoms with E-state index in [9.17, 15) is 4.79 Å². The van der Waals surface area contributed by atoms with Crippen molar-refractivity contribution in [1.29, 1.82) is 0 Å². The van der Waals surface area contributed by atoms with Crippen molar-refractivity contribution in [1.82, 2.24) is 0 Å². The maximum Gasteiger partial charge on any atom is 0.322 e. The predicted octanol–water partition coefficient (Wildman–Crippen LogP) is 1.33. The summed E-state index contributed by atoms with van der Waals surface area (Å²) in [5.74, 6) is 0.321. The van der Waals surface area contributed by atoms with Crippen molar-refractivity contribution in [3.63, 3.8) is 0 Å². The van der Waals surface area contributed by atoms with E-state index in [1.807, 2.05) is 0 Å². The van der Waals surface area contributed by atoms with Crippen molar-refractivity contribution < 1.29 is 14.3 Å². The molecule has 0 bridgehead atoms. The van der Waals surface area contributed by atoms with Gasteiger partial charge in [0.25, 0.3) is 0 Å². The molecule has 2 N–H and O–H groups in total. The number of nitrogens with two attached hydrogens (primary N) is 1. The molecule has 0 fully saturated rings. The van der Waals surface area contributed by atoms with Crippen molar-refractivity contribution in [2.24, 2.45) is 11.7 Å². The molecule has 0 saturated carbocycles. The maximum atomic E-state index is 11.3. The Hall–Kier alpha value is -0.610. The first-order chi connectivity index (χ1) is 7.07. The van der Waals surface area contributed by atoms with E-state index in [0.29, 0.717) is 25.6 Å². The molecule has 0 aliphatic carbocycles. The molecule has 90 valence electrons. The Morgan fingerprint density at radius 3 is 2.47 bits per heavy atom. The summed E-state index contributed by atoms with van der Waals surface area (Å²) in [5.41, 5.74) is 5.59. The highest BCUT2D eigenvalue weighted by Gasteiger charge is 2.14. The third-order valence-electron chi connectivity index (χ3n) is 2.11. The van der Waals surface area contributed by atoms with E-state index in [1.165, 1.54) is 0 Å². The van der Waals surface area contributed by atoms with Gasteiger partial charge in [-0.15, -0.1) is 0 Å². The Kier molecular flexibility index (Phi) is 8.33. The molecule has 1 unspecified atom stereocenters. The average Bonchev–Trinajstić information content (AvgIpc) is 2.20. The van der Waals surface area contributed by atoms with Crippen LogP contribution in [0.2, 0.25) is 0 Å². The molecular formula is C11H23NO3. The third-order valence-corrected chi connectivity index (χ3v) is 2.11. The maximum absolute atomic E-state index is 11.3. The lowest BCUT2D eigenvalue weighted by molar-refractivity contribution is -0.145.